The van der Waals surface area contributed by atoms with Crippen molar-refractivity contribution in [1.29, 1.82) is 0 Å². The highest BCUT2D eigenvalue weighted by Crippen LogP contribution is 2.62. The van der Waals surface area contributed by atoms with Crippen LogP contribution >= 0.6 is 11.6 Å². The summed E-state index contributed by atoms with van der Waals surface area (Å²) in [4.78, 5) is 2.38. The number of piperidine rings is 1. The zero-order chi connectivity index (χ0) is 21.4. The number of ether oxygens (including phenoxy) is 1. The zero-order valence-electron chi connectivity index (χ0n) is 18.0. The Hall–Kier alpha value is -1.93. The van der Waals surface area contributed by atoms with E-state index in [1.165, 1.54) is 24.8 Å². The van der Waals surface area contributed by atoms with Crippen LogP contribution in [0, 0.1) is 5.92 Å². The van der Waals surface area contributed by atoms with E-state index in [2.05, 4.69) is 38.1 Å². The molecule has 8 rings (SSSR count). The number of rotatable bonds is 4. The monoisotopic (exact) mass is 453 g/mol. The minimum atomic E-state index is -0.368. The highest BCUT2D eigenvalue weighted by molar-refractivity contribution is 6.32. The van der Waals surface area contributed by atoms with Gasteiger partial charge in [-0.3, -0.25) is 9.58 Å². The molecule has 8 heteroatoms. The Morgan fingerprint density at radius 2 is 1.88 bits per heavy atom. The fraction of sp³-hybridized carbons (Fsp3) is 0.583. The molecule has 1 N–H and O–H groups in total. The van der Waals surface area contributed by atoms with Gasteiger partial charge in [0.25, 0.3) is 0 Å². The van der Waals surface area contributed by atoms with Crippen molar-refractivity contribution >= 4 is 22.5 Å². The topological polar surface area (TPSA) is 68.3 Å². The third-order valence-electron chi connectivity index (χ3n) is 8.45. The molecule has 3 saturated carbocycles. The molecule has 2 atom stereocenters. The van der Waals surface area contributed by atoms with E-state index in [-0.39, 0.29) is 17.7 Å². The van der Waals surface area contributed by atoms with E-state index in [0.29, 0.717) is 19.1 Å². The van der Waals surface area contributed by atoms with Crippen LogP contribution in [0.15, 0.2) is 30.7 Å². The van der Waals surface area contributed by atoms with Gasteiger partial charge < -0.3 is 9.84 Å². The van der Waals surface area contributed by atoms with Crippen LogP contribution in [0.25, 0.3) is 16.6 Å². The lowest BCUT2D eigenvalue weighted by Crippen LogP contribution is -2.59. The molecule has 0 amide bonds. The molecular weight excluding hydrogens is 426 g/mol. The smallest absolute Gasteiger partial charge is 0.103 e. The summed E-state index contributed by atoms with van der Waals surface area (Å²) in [6.45, 7) is 3.00. The van der Waals surface area contributed by atoms with Crippen molar-refractivity contribution in [2.75, 3.05) is 26.3 Å². The summed E-state index contributed by atoms with van der Waals surface area (Å²) in [5.41, 5.74) is 3.59. The average molecular weight is 454 g/mol. The molecule has 2 bridgehead atoms. The summed E-state index contributed by atoms with van der Waals surface area (Å²) in [6, 6.07) is 4.42. The van der Waals surface area contributed by atoms with Gasteiger partial charge in [-0.15, -0.1) is 0 Å². The molecular formula is C24H28ClN5O2. The maximum Gasteiger partial charge on any atom is 0.103 e. The van der Waals surface area contributed by atoms with E-state index in [9.17, 15) is 5.11 Å². The second-order valence-corrected chi connectivity index (χ2v) is 10.7. The van der Waals surface area contributed by atoms with Crippen LogP contribution in [0.1, 0.15) is 43.6 Å². The molecule has 5 fully saturated rings. The number of aliphatic hydroxyl groups is 1. The Morgan fingerprint density at radius 1 is 1.06 bits per heavy atom. The second kappa shape index (κ2) is 7.03. The lowest BCUT2D eigenvalue weighted by Gasteiger charge is -2.61. The number of nitrogens with zero attached hydrogens (tertiary/aromatic N) is 5. The molecule has 2 aromatic heterocycles. The van der Waals surface area contributed by atoms with Crippen molar-refractivity contribution in [3.05, 3.63) is 41.3 Å². The fourth-order valence-corrected chi connectivity index (χ4v) is 6.73. The average Bonchev–Trinajstić information content (AvgIpc) is 3.45. The fourth-order valence-electron chi connectivity index (χ4n) is 6.40. The normalized spacial score (nSPS) is 32.9. The van der Waals surface area contributed by atoms with Crippen LogP contribution in [0.2, 0.25) is 5.02 Å². The molecule has 168 valence electrons. The minimum absolute atomic E-state index is 0.132. The van der Waals surface area contributed by atoms with Gasteiger partial charge in [0.15, 0.2) is 0 Å². The number of halogens is 1. The Bertz CT molecular complexity index is 1160. The van der Waals surface area contributed by atoms with Gasteiger partial charge in [0.05, 0.1) is 55.0 Å². The van der Waals surface area contributed by atoms with Gasteiger partial charge in [0, 0.05) is 10.4 Å². The van der Waals surface area contributed by atoms with Crippen molar-refractivity contribution in [2.45, 2.75) is 55.7 Å². The Labute approximate surface area is 191 Å². The van der Waals surface area contributed by atoms with E-state index in [1.807, 2.05) is 17.1 Å². The molecule has 32 heavy (non-hydrogen) atoms. The maximum absolute atomic E-state index is 10.2. The summed E-state index contributed by atoms with van der Waals surface area (Å²) < 4.78 is 9.63. The van der Waals surface area contributed by atoms with Crippen LogP contribution < -0.4 is 0 Å². The summed E-state index contributed by atoms with van der Waals surface area (Å²) >= 11 is 6.75. The molecule has 0 spiro atoms. The standard InChI is InChI=1S/C24H28ClN5O2/c25-20-5-17-10-27-30(18-11-26-29(12-18)24-7-15(8-24)9-24)21(17)6-19(20)16-1-3-28(4-2-16)22-13-32-14-23(22)31/h5-6,10-12,15-16,22-23,31H,1-4,7-9,13-14H2/t15?,22-,23+,24?/m1/s1. The predicted molar refractivity (Wildman–Crippen MR) is 121 cm³/mol. The first kappa shape index (κ1) is 19.5. The predicted octanol–water partition coefficient (Wildman–Crippen LogP) is 3.32. The molecule has 1 aromatic carbocycles. The number of hydrogen-bond donors (Lipinski definition) is 1. The highest BCUT2D eigenvalue weighted by atomic mass is 35.5. The molecule has 4 heterocycles. The zero-order valence-corrected chi connectivity index (χ0v) is 18.8. The van der Waals surface area contributed by atoms with E-state index < -0.39 is 0 Å². The third-order valence-corrected chi connectivity index (χ3v) is 8.78. The lowest BCUT2D eigenvalue weighted by atomic mass is 9.50. The van der Waals surface area contributed by atoms with E-state index >= 15 is 0 Å². The van der Waals surface area contributed by atoms with Crippen LogP contribution in [0.3, 0.4) is 0 Å². The summed E-state index contributed by atoms with van der Waals surface area (Å²) in [7, 11) is 0. The molecule has 2 aliphatic heterocycles. The van der Waals surface area contributed by atoms with Crippen molar-refractivity contribution in [3.63, 3.8) is 0 Å². The van der Waals surface area contributed by atoms with Gasteiger partial charge in [0.2, 0.25) is 0 Å². The quantitative estimate of drug-likeness (QED) is 0.656. The third kappa shape index (κ3) is 2.84. The van der Waals surface area contributed by atoms with Crippen LogP contribution in [0.5, 0.6) is 0 Å². The Kier molecular flexibility index (Phi) is 4.29. The Balaban J connectivity index is 1.15. The number of fused-ring (bicyclic) bond motifs is 1. The molecule has 7 nitrogen and oxygen atoms in total. The molecule has 3 aromatic rings. The summed E-state index contributed by atoms with van der Waals surface area (Å²) in [5, 5.41) is 21.4. The van der Waals surface area contributed by atoms with Crippen LogP contribution in [-0.2, 0) is 10.3 Å². The van der Waals surface area contributed by atoms with Crippen molar-refractivity contribution in [2.24, 2.45) is 5.92 Å². The molecule has 0 radical (unpaired) electrons. The number of benzene rings is 1. The van der Waals surface area contributed by atoms with Crippen LogP contribution in [0.4, 0.5) is 0 Å². The van der Waals surface area contributed by atoms with Crippen molar-refractivity contribution in [3.8, 4) is 5.69 Å². The molecule has 5 aliphatic rings. The first-order valence-electron chi connectivity index (χ1n) is 11.8. The van der Waals surface area contributed by atoms with E-state index in [4.69, 9.17) is 16.3 Å². The van der Waals surface area contributed by atoms with Gasteiger partial charge in [-0.05, 0) is 74.7 Å². The number of aromatic nitrogens is 4. The van der Waals surface area contributed by atoms with Gasteiger partial charge in [-0.2, -0.15) is 10.2 Å². The van der Waals surface area contributed by atoms with Crippen molar-refractivity contribution < 1.29 is 9.84 Å². The SMILES string of the molecule is O[C@H]1COC[C@H]1N1CCC(c2cc3c(cnn3-c3cnn(C45CC(C4)C5)c3)cc2Cl)CC1. The second-order valence-electron chi connectivity index (χ2n) is 10.3. The van der Waals surface area contributed by atoms with Crippen molar-refractivity contribution in [1.82, 2.24) is 24.5 Å². The molecule has 3 aliphatic carbocycles. The largest absolute Gasteiger partial charge is 0.389 e. The lowest BCUT2D eigenvalue weighted by molar-refractivity contribution is -0.0977. The van der Waals surface area contributed by atoms with Gasteiger partial charge in [-0.25, -0.2) is 4.68 Å². The summed E-state index contributed by atoms with van der Waals surface area (Å²) in [6.07, 6.45) is 11.5. The number of aliphatic hydroxyl groups excluding tert-OH is 1. The van der Waals surface area contributed by atoms with Gasteiger partial charge in [-0.1, -0.05) is 11.6 Å². The Morgan fingerprint density at radius 3 is 2.56 bits per heavy atom. The maximum atomic E-state index is 10.2. The highest BCUT2D eigenvalue weighted by Gasteiger charge is 2.58. The molecule has 0 unspecified atom stereocenters. The first-order chi connectivity index (χ1) is 15.6. The minimum Gasteiger partial charge on any atom is -0.389 e. The van der Waals surface area contributed by atoms with E-state index in [0.717, 1.165) is 53.5 Å². The van der Waals surface area contributed by atoms with E-state index in [1.54, 1.807) is 0 Å². The number of likely N-dealkylation sites (tertiary alicyclic amines) is 1. The number of hydrogen-bond acceptors (Lipinski definition) is 5. The van der Waals surface area contributed by atoms with Crippen LogP contribution in [-0.4, -0.2) is 68.0 Å². The van der Waals surface area contributed by atoms with Gasteiger partial charge >= 0.3 is 0 Å². The summed E-state index contributed by atoms with van der Waals surface area (Å²) in [5.74, 6) is 1.34. The molecule has 2 saturated heterocycles. The van der Waals surface area contributed by atoms with Gasteiger partial charge in [0.1, 0.15) is 5.69 Å². The first-order valence-corrected chi connectivity index (χ1v) is 12.2.